The lowest BCUT2D eigenvalue weighted by molar-refractivity contribution is 0.224. The second-order valence-electron chi connectivity index (χ2n) is 2.55. The largest absolute Gasteiger partial charge is 0.368 e. The van der Waals surface area contributed by atoms with Crippen molar-refractivity contribution in [2.45, 2.75) is 26.4 Å². The highest BCUT2D eigenvalue weighted by atomic mass is 31.2. The first-order chi connectivity index (χ1) is 4.98. The van der Waals surface area contributed by atoms with Gasteiger partial charge in [0.05, 0.1) is 12.3 Å². The minimum atomic E-state index is -3.84. The fraction of sp³-hybridized carbons (Fsp3) is 0.714. The van der Waals surface area contributed by atoms with Crippen LogP contribution in [0.15, 0.2) is 12.7 Å². The Labute approximate surface area is 67.0 Å². The summed E-state index contributed by atoms with van der Waals surface area (Å²) in [5.41, 5.74) is 0. The van der Waals surface area contributed by atoms with Gasteiger partial charge in [0.2, 0.25) is 0 Å². The van der Waals surface area contributed by atoms with Crippen LogP contribution in [0.25, 0.3) is 0 Å². The summed E-state index contributed by atoms with van der Waals surface area (Å²) in [5, 5.41) is 0. The van der Waals surface area contributed by atoms with Gasteiger partial charge in [-0.2, -0.15) is 4.20 Å². The molecular weight excluding hydrogens is 166 g/mol. The molecule has 0 aliphatic heterocycles. The van der Waals surface area contributed by atoms with Crippen molar-refractivity contribution in [2.24, 2.45) is 0 Å². The van der Waals surface area contributed by atoms with Crippen molar-refractivity contribution >= 4 is 7.68 Å². The molecule has 0 aliphatic rings. The number of hydrogen-bond acceptors (Lipinski definition) is 2. The van der Waals surface area contributed by atoms with E-state index in [0.29, 0.717) is 6.42 Å². The van der Waals surface area contributed by atoms with Crippen LogP contribution in [-0.4, -0.2) is 12.3 Å². The number of rotatable bonds is 5. The molecule has 4 heteroatoms. The lowest BCUT2D eigenvalue weighted by atomic mass is 10.5. The number of hydrogen-bond donors (Lipinski definition) is 0. The fourth-order valence-electron chi connectivity index (χ4n) is 0.613. The third-order valence-electron chi connectivity index (χ3n) is 0.969. The molecule has 0 aromatic heterocycles. The molecule has 0 radical (unpaired) electrons. The Hall–Kier alpha value is -0.140. The van der Waals surface area contributed by atoms with Gasteiger partial charge < -0.3 is 4.52 Å². The van der Waals surface area contributed by atoms with Gasteiger partial charge in [-0.25, -0.2) is 0 Å². The predicted octanol–water partition coefficient (Wildman–Crippen LogP) is 3.15. The van der Waals surface area contributed by atoms with E-state index >= 15 is 0 Å². The highest BCUT2D eigenvalue weighted by Gasteiger charge is 2.21. The summed E-state index contributed by atoms with van der Waals surface area (Å²) in [6.45, 7) is 6.71. The molecule has 0 aromatic carbocycles. The zero-order valence-corrected chi connectivity index (χ0v) is 7.81. The van der Waals surface area contributed by atoms with Gasteiger partial charge in [0.15, 0.2) is 0 Å². The smallest absolute Gasteiger partial charge is 0.303 e. The maximum absolute atomic E-state index is 12.8. The Balaban J connectivity index is 3.80. The molecule has 0 spiro atoms. The normalized spacial score (nSPS) is 16.4. The first kappa shape index (κ1) is 10.9. The molecule has 2 nitrogen and oxygen atoms in total. The van der Waals surface area contributed by atoms with Gasteiger partial charge in [0.1, 0.15) is 0 Å². The van der Waals surface area contributed by atoms with Crippen LogP contribution in [0.3, 0.4) is 0 Å². The molecule has 0 fully saturated rings. The fourth-order valence-corrected chi connectivity index (χ4v) is 1.84. The maximum atomic E-state index is 12.8. The maximum Gasteiger partial charge on any atom is 0.368 e. The summed E-state index contributed by atoms with van der Waals surface area (Å²) < 4.78 is 28.2. The van der Waals surface area contributed by atoms with Crippen LogP contribution in [0, 0.1) is 0 Å². The Morgan fingerprint density at radius 3 is 2.64 bits per heavy atom. The molecule has 0 N–H and O–H groups in total. The summed E-state index contributed by atoms with van der Waals surface area (Å²) in [6.07, 6.45) is 1.53. The minimum Gasteiger partial charge on any atom is -0.303 e. The monoisotopic (exact) mass is 180 g/mol. The van der Waals surface area contributed by atoms with Crippen LogP contribution in [0.4, 0.5) is 4.20 Å². The van der Waals surface area contributed by atoms with E-state index in [-0.39, 0.29) is 12.3 Å². The standard InChI is InChI=1S/C7H14FO2P/c1-4-5-6-11(8,9)10-7(2)3/h4,7H,1,5-6H2,2-3H3. The second-order valence-corrected chi connectivity index (χ2v) is 4.38. The SMILES string of the molecule is C=CCCP(=O)(F)OC(C)C. The lowest BCUT2D eigenvalue weighted by Crippen LogP contribution is -1.99. The zero-order chi connectivity index (χ0) is 8.91. The van der Waals surface area contributed by atoms with Crippen molar-refractivity contribution in [1.29, 1.82) is 0 Å². The van der Waals surface area contributed by atoms with Gasteiger partial charge in [0.25, 0.3) is 0 Å². The molecule has 0 heterocycles. The first-order valence-corrected chi connectivity index (χ1v) is 5.26. The molecule has 66 valence electrons. The summed E-state index contributed by atoms with van der Waals surface area (Å²) in [5.74, 6) is 0. The predicted molar refractivity (Wildman–Crippen MR) is 44.6 cm³/mol. The summed E-state index contributed by atoms with van der Waals surface area (Å²) >= 11 is 0. The molecule has 0 saturated carbocycles. The van der Waals surface area contributed by atoms with Crippen molar-refractivity contribution in [3.8, 4) is 0 Å². The third-order valence-corrected chi connectivity index (χ3v) is 2.50. The van der Waals surface area contributed by atoms with E-state index < -0.39 is 7.68 Å². The first-order valence-electron chi connectivity index (χ1n) is 3.56. The zero-order valence-electron chi connectivity index (χ0n) is 6.92. The van der Waals surface area contributed by atoms with Crippen LogP contribution in [0.1, 0.15) is 20.3 Å². The minimum absolute atomic E-state index is 0.0608. The van der Waals surface area contributed by atoms with E-state index in [2.05, 4.69) is 11.1 Å². The van der Waals surface area contributed by atoms with Crippen LogP contribution >= 0.6 is 7.68 Å². The molecular formula is C7H14FO2P. The average molecular weight is 180 g/mol. The third kappa shape index (κ3) is 6.27. The highest BCUT2D eigenvalue weighted by Crippen LogP contribution is 2.50. The van der Waals surface area contributed by atoms with Gasteiger partial charge in [-0.1, -0.05) is 6.08 Å². The van der Waals surface area contributed by atoms with E-state index in [9.17, 15) is 8.76 Å². The van der Waals surface area contributed by atoms with Crippen molar-refractivity contribution in [3.05, 3.63) is 12.7 Å². The molecule has 0 saturated heterocycles. The molecule has 0 bridgehead atoms. The van der Waals surface area contributed by atoms with E-state index in [0.717, 1.165) is 0 Å². The average Bonchev–Trinajstić information content (AvgIpc) is 1.81. The summed E-state index contributed by atoms with van der Waals surface area (Å²) in [6, 6.07) is 0. The number of allylic oxidation sites excluding steroid dienone is 1. The Morgan fingerprint density at radius 1 is 1.73 bits per heavy atom. The highest BCUT2D eigenvalue weighted by molar-refractivity contribution is 7.53. The lowest BCUT2D eigenvalue weighted by Gasteiger charge is -2.11. The van der Waals surface area contributed by atoms with Crippen LogP contribution < -0.4 is 0 Å². The Kier molecular flexibility index (Phi) is 4.62. The van der Waals surface area contributed by atoms with Crippen LogP contribution in [-0.2, 0) is 9.09 Å². The topological polar surface area (TPSA) is 26.3 Å². The van der Waals surface area contributed by atoms with Crippen molar-refractivity contribution in [1.82, 2.24) is 0 Å². The van der Waals surface area contributed by atoms with Gasteiger partial charge in [-0.15, -0.1) is 6.58 Å². The van der Waals surface area contributed by atoms with Crippen molar-refractivity contribution in [2.75, 3.05) is 6.16 Å². The van der Waals surface area contributed by atoms with Crippen molar-refractivity contribution < 1.29 is 13.3 Å². The molecule has 1 unspecified atom stereocenters. The van der Waals surface area contributed by atoms with Crippen molar-refractivity contribution in [3.63, 3.8) is 0 Å². The molecule has 0 aliphatic carbocycles. The van der Waals surface area contributed by atoms with Crippen LogP contribution in [0.2, 0.25) is 0 Å². The van der Waals surface area contributed by atoms with Gasteiger partial charge >= 0.3 is 7.68 Å². The van der Waals surface area contributed by atoms with Gasteiger partial charge in [-0.05, 0) is 20.3 Å². The Bertz CT molecular complexity index is 168. The quantitative estimate of drug-likeness (QED) is 0.479. The summed E-state index contributed by atoms with van der Waals surface area (Å²) in [4.78, 5) is 0. The summed E-state index contributed by atoms with van der Waals surface area (Å²) in [7, 11) is -3.84. The van der Waals surface area contributed by atoms with E-state index in [4.69, 9.17) is 0 Å². The van der Waals surface area contributed by atoms with Crippen LogP contribution in [0.5, 0.6) is 0 Å². The Morgan fingerprint density at radius 2 is 2.27 bits per heavy atom. The van der Waals surface area contributed by atoms with E-state index in [1.807, 2.05) is 0 Å². The van der Waals surface area contributed by atoms with E-state index in [1.54, 1.807) is 13.8 Å². The molecule has 0 aromatic rings. The van der Waals surface area contributed by atoms with Gasteiger partial charge in [-0.3, -0.25) is 4.57 Å². The second kappa shape index (κ2) is 4.68. The molecule has 11 heavy (non-hydrogen) atoms. The van der Waals surface area contributed by atoms with E-state index in [1.165, 1.54) is 6.08 Å². The van der Waals surface area contributed by atoms with Gasteiger partial charge in [0, 0.05) is 0 Å². The molecule has 0 rings (SSSR count). The molecule has 0 amide bonds. The molecule has 1 atom stereocenters. The number of halogens is 1.